The van der Waals surface area contributed by atoms with Crippen LogP contribution in [0.1, 0.15) is 52.0 Å². The number of unbranched alkanes of at least 4 members (excludes halogenated alkanes) is 2. The van der Waals surface area contributed by atoms with Crippen molar-refractivity contribution in [3.8, 4) is 23.0 Å². The first kappa shape index (κ1) is 39.1. The Morgan fingerprint density at radius 1 is 0.549 bits per heavy atom. The smallest absolute Gasteiger partial charge is 0.494 e. The standard InChI is InChI=1S/C38H38O13/c1-5-27(4)44-21-7-9-23-46-37(42)49-30-15-11-28(12-16-30)35(40)48-32-19-20-33(26(3)25-32)51-36(41)29-13-17-31(18-14-29)50-38(43)47-24-10-8-22-45-34(39)6-2/h5-6,11-20,25H,1-2,4,7-10,21-24H2,3H3. The molecule has 0 aliphatic rings. The lowest BCUT2D eigenvalue weighted by atomic mass is 10.2. The number of carbonyl (C=O) groups excluding carboxylic acids is 5. The highest BCUT2D eigenvalue weighted by Gasteiger charge is 2.15. The van der Waals surface area contributed by atoms with E-state index in [0.29, 0.717) is 43.6 Å². The topological polar surface area (TPSA) is 159 Å². The lowest BCUT2D eigenvalue weighted by molar-refractivity contribution is -0.137. The minimum absolute atomic E-state index is 0.0710. The third-order valence-electron chi connectivity index (χ3n) is 6.59. The van der Waals surface area contributed by atoms with Gasteiger partial charge in [-0.2, -0.15) is 0 Å². The molecule has 0 N–H and O–H groups in total. The number of allylic oxidation sites excluding steroid dienone is 1. The van der Waals surface area contributed by atoms with Gasteiger partial charge in [-0.05, 0) is 111 Å². The summed E-state index contributed by atoms with van der Waals surface area (Å²) >= 11 is 0. The summed E-state index contributed by atoms with van der Waals surface area (Å²) in [7, 11) is 0. The van der Waals surface area contributed by atoms with Gasteiger partial charge in [-0.15, -0.1) is 0 Å². The maximum Gasteiger partial charge on any atom is 0.513 e. The Morgan fingerprint density at radius 2 is 1.00 bits per heavy atom. The Hall–Kier alpha value is -6.37. The molecule has 0 fully saturated rings. The number of rotatable bonds is 19. The number of aryl methyl sites for hydroxylation is 1. The zero-order valence-corrected chi connectivity index (χ0v) is 28.1. The minimum atomic E-state index is -0.922. The molecule has 13 nitrogen and oxygen atoms in total. The summed E-state index contributed by atoms with van der Waals surface area (Å²) in [6.45, 7) is 13.0. The molecule has 13 heteroatoms. The van der Waals surface area contributed by atoms with Crippen LogP contribution < -0.4 is 18.9 Å². The molecule has 268 valence electrons. The van der Waals surface area contributed by atoms with Crippen molar-refractivity contribution in [3.63, 3.8) is 0 Å². The first-order valence-electron chi connectivity index (χ1n) is 15.8. The lowest BCUT2D eigenvalue weighted by Gasteiger charge is -2.11. The number of ether oxygens (including phenoxy) is 8. The van der Waals surface area contributed by atoms with E-state index in [1.165, 1.54) is 72.8 Å². The molecule has 0 saturated heterocycles. The van der Waals surface area contributed by atoms with Crippen molar-refractivity contribution in [2.45, 2.75) is 32.6 Å². The van der Waals surface area contributed by atoms with Crippen LogP contribution in [-0.4, -0.2) is 56.6 Å². The van der Waals surface area contributed by atoms with E-state index in [2.05, 4.69) is 19.7 Å². The molecule has 0 aliphatic carbocycles. The van der Waals surface area contributed by atoms with Gasteiger partial charge in [0.1, 0.15) is 28.8 Å². The van der Waals surface area contributed by atoms with Gasteiger partial charge in [-0.1, -0.05) is 19.7 Å². The molecular weight excluding hydrogens is 664 g/mol. The Morgan fingerprint density at radius 3 is 1.47 bits per heavy atom. The molecule has 0 saturated carbocycles. The monoisotopic (exact) mass is 702 g/mol. The van der Waals surface area contributed by atoms with Crippen molar-refractivity contribution in [2.75, 3.05) is 26.4 Å². The van der Waals surface area contributed by atoms with Crippen LogP contribution in [0.15, 0.2) is 104 Å². The van der Waals surface area contributed by atoms with Crippen molar-refractivity contribution < 1.29 is 61.9 Å². The Balaban J connectivity index is 1.40. The number of benzene rings is 3. The minimum Gasteiger partial charge on any atom is -0.494 e. The first-order chi connectivity index (χ1) is 24.6. The second-order valence-corrected chi connectivity index (χ2v) is 10.5. The van der Waals surface area contributed by atoms with Crippen molar-refractivity contribution in [2.24, 2.45) is 0 Å². The number of hydrogen-bond acceptors (Lipinski definition) is 13. The van der Waals surface area contributed by atoms with Gasteiger partial charge in [-0.25, -0.2) is 24.0 Å². The van der Waals surface area contributed by atoms with Crippen LogP contribution in [0, 0.1) is 6.92 Å². The zero-order chi connectivity index (χ0) is 37.0. The van der Waals surface area contributed by atoms with Crippen LogP contribution in [-0.2, 0) is 23.7 Å². The maximum absolute atomic E-state index is 12.7. The highest BCUT2D eigenvalue weighted by atomic mass is 16.7. The zero-order valence-electron chi connectivity index (χ0n) is 28.1. The van der Waals surface area contributed by atoms with Crippen LogP contribution in [0.2, 0.25) is 0 Å². The molecule has 51 heavy (non-hydrogen) atoms. The summed E-state index contributed by atoms with van der Waals surface area (Å²) in [4.78, 5) is 60.2. The normalized spacial score (nSPS) is 10.1. The summed E-state index contributed by atoms with van der Waals surface area (Å²) in [6, 6.07) is 15.9. The summed E-state index contributed by atoms with van der Waals surface area (Å²) in [5.74, 6) is -0.581. The molecule has 3 rings (SSSR count). The van der Waals surface area contributed by atoms with E-state index in [1.54, 1.807) is 6.92 Å². The molecule has 0 unspecified atom stereocenters. The number of esters is 3. The largest absolute Gasteiger partial charge is 0.513 e. The molecular formula is C38H38O13. The molecule has 0 heterocycles. The molecule has 0 aliphatic heterocycles. The van der Waals surface area contributed by atoms with Crippen LogP contribution in [0.5, 0.6) is 23.0 Å². The molecule has 0 amide bonds. The fourth-order valence-electron chi connectivity index (χ4n) is 3.91. The first-order valence-corrected chi connectivity index (χ1v) is 15.8. The van der Waals surface area contributed by atoms with Gasteiger partial charge in [0.15, 0.2) is 0 Å². The molecule has 0 bridgehead atoms. The summed E-state index contributed by atoms with van der Waals surface area (Å²) in [5, 5.41) is 0. The van der Waals surface area contributed by atoms with Gasteiger partial charge >= 0.3 is 30.2 Å². The third-order valence-corrected chi connectivity index (χ3v) is 6.59. The van der Waals surface area contributed by atoms with Gasteiger partial charge in [0, 0.05) is 6.08 Å². The van der Waals surface area contributed by atoms with Crippen LogP contribution in [0.3, 0.4) is 0 Å². The second kappa shape index (κ2) is 20.9. The summed E-state index contributed by atoms with van der Waals surface area (Å²) < 4.78 is 41.3. The van der Waals surface area contributed by atoms with Crippen molar-refractivity contribution in [3.05, 3.63) is 121 Å². The average molecular weight is 703 g/mol. The van der Waals surface area contributed by atoms with E-state index in [1.807, 2.05) is 0 Å². The average Bonchev–Trinajstić information content (AvgIpc) is 3.12. The Bertz CT molecular complexity index is 1690. The SMILES string of the molecule is C=CC(=C)OCCCCOC(=O)Oc1ccc(C(=O)Oc2ccc(OC(=O)c3ccc(OC(=O)OCCCCOC(=O)C=C)cc3)c(C)c2)cc1. The molecule has 0 aromatic heterocycles. The molecule has 0 radical (unpaired) electrons. The van der Waals surface area contributed by atoms with Gasteiger partial charge in [0.2, 0.25) is 0 Å². The molecule has 0 atom stereocenters. The van der Waals surface area contributed by atoms with Gasteiger partial charge < -0.3 is 37.9 Å². The highest BCUT2D eigenvalue weighted by Crippen LogP contribution is 2.26. The van der Waals surface area contributed by atoms with E-state index in [4.69, 9.17) is 37.9 Å². The van der Waals surface area contributed by atoms with Gasteiger partial charge in [0.25, 0.3) is 0 Å². The fraction of sp³-hybridized carbons (Fsp3) is 0.237. The predicted octanol–water partition coefficient (Wildman–Crippen LogP) is 7.47. The van der Waals surface area contributed by atoms with Gasteiger partial charge in [-0.3, -0.25) is 0 Å². The Labute approximate surface area is 294 Å². The second-order valence-electron chi connectivity index (χ2n) is 10.5. The van der Waals surface area contributed by atoms with E-state index >= 15 is 0 Å². The predicted molar refractivity (Wildman–Crippen MR) is 183 cm³/mol. The maximum atomic E-state index is 12.7. The van der Waals surface area contributed by atoms with E-state index in [0.717, 1.165) is 6.08 Å². The number of carbonyl (C=O) groups is 5. The molecule has 0 spiro atoms. The van der Waals surface area contributed by atoms with Crippen LogP contribution in [0.4, 0.5) is 9.59 Å². The number of hydrogen-bond donors (Lipinski definition) is 0. The quantitative estimate of drug-likeness (QED) is 0.0177. The summed E-state index contributed by atoms with van der Waals surface area (Å²) in [6.07, 6.45) is 2.96. The van der Waals surface area contributed by atoms with E-state index < -0.39 is 30.2 Å². The summed E-state index contributed by atoms with van der Waals surface area (Å²) in [5.41, 5.74) is 0.916. The molecule has 3 aromatic carbocycles. The van der Waals surface area contributed by atoms with Crippen LogP contribution in [0.25, 0.3) is 0 Å². The van der Waals surface area contributed by atoms with Gasteiger partial charge in [0.05, 0.1) is 37.6 Å². The van der Waals surface area contributed by atoms with Crippen molar-refractivity contribution in [1.29, 1.82) is 0 Å². The van der Waals surface area contributed by atoms with Crippen molar-refractivity contribution in [1.82, 2.24) is 0 Å². The fourth-order valence-corrected chi connectivity index (χ4v) is 3.91. The Kier molecular flexibility index (Phi) is 16.0. The third kappa shape index (κ3) is 14.3. The highest BCUT2D eigenvalue weighted by molar-refractivity contribution is 5.92. The lowest BCUT2D eigenvalue weighted by Crippen LogP contribution is -2.13. The van der Waals surface area contributed by atoms with E-state index in [-0.39, 0.29) is 53.9 Å². The van der Waals surface area contributed by atoms with E-state index in [9.17, 15) is 24.0 Å². The molecule has 3 aromatic rings. The van der Waals surface area contributed by atoms with Crippen LogP contribution >= 0.6 is 0 Å². The van der Waals surface area contributed by atoms with Crippen molar-refractivity contribution >= 4 is 30.2 Å².